The fourth-order valence-electron chi connectivity index (χ4n) is 2.15. The van der Waals surface area contributed by atoms with Crippen molar-refractivity contribution < 1.29 is 9.84 Å². The summed E-state index contributed by atoms with van der Waals surface area (Å²) < 4.78 is 5.36. The van der Waals surface area contributed by atoms with Gasteiger partial charge in [0, 0.05) is 32.5 Å². The highest BCUT2D eigenvalue weighted by atomic mass is 16.5. The van der Waals surface area contributed by atoms with E-state index in [2.05, 4.69) is 16.9 Å². The van der Waals surface area contributed by atoms with Gasteiger partial charge in [0.25, 0.3) is 0 Å². The minimum atomic E-state index is -0.445. The molecule has 1 saturated heterocycles. The third kappa shape index (κ3) is 2.96. The Morgan fingerprint density at radius 1 is 1.47 bits per heavy atom. The number of aliphatic hydroxyl groups excluding tert-OH is 1. The Balaban J connectivity index is 2.12. The molecule has 1 N–H and O–H groups in total. The molecule has 0 bridgehead atoms. The van der Waals surface area contributed by atoms with Crippen LogP contribution >= 0.6 is 0 Å². The first kappa shape index (κ1) is 12.3. The molecule has 0 aromatic carbocycles. The molecular formula is C13H20N2O2. The second-order valence-corrected chi connectivity index (χ2v) is 4.58. The van der Waals surface area contributed by atoms with E-state index in [1.165, 1.54) is 0 Å². The maximum absolute atomic E-state index is 9.57. The number of hydrogen-bond donors (Lipinski definition) is 1. The van der Waals surface area contributed by atoms with Crippen LogP contribution in [-0.2, 0) is 4.74 Å². The highest BCUT2D eigenvalue weighted by Gasteiger charge is 2.19. The highest BCUT2D eigenvalue weighted by molar-refractivity contribution is 5.41. The van der Waals surface area contributed by atoms with E-state index < -0.39 is 6.10 Å². The summed E-state index contributed by atoms with van der Waals surface area (Å²) in [6, 6.07) is 4.30. The molecule has 1 fully saturated rings. The normalized spacial score (nSPS) is 19.0. The van der Waals surface area contributed by atoms with Crippen molar-refractivity contribution in [3.63, 3.8) is 0 Å². The molecule has 1 aromatic rings. The number of hydrogen-bond acceptors (Lipinski definition) is 4. The van der Waals surface area contributed by atoms with Gasteiger partial charge in [-0.3, -0.25) is 0 Å². The molecule has 1 aromatic heterocycles. The molecule has 1 aliphatic rings. The molecule has 0 saturated carbocycles. The van der Waals surface area contributed by atoms with Gasteiger partial charge in [0.15, 0.2) is 0 Å². The molecule has 4 nitrogen and oxygen atoms in total. The Hall–Kier alpha value is -1.13. The van der Waals surface area contributed by atoms with E-state index in [0.29, 0.717) is 6.04 Å². The van der Waals surface area contributed by atoms with Gasteiger partial charge < -0.3 is 14.7 Å². The van der Waals surface area contributed by atoms with E-state index in [0.717, 1.165) is 37.4 Å². The fourth-order valence-corrected chi connectivity index (χ4v) is 2.15. The van der Waals surface area contributed by atoms with Gasteiger partial charge in [-0.1, -0.05) is 0 Å². The first-order valence-electron chi connectivity index (χ1n) is 6.13. The molecule has 1 atom stereocenters. The van der Waals surface area contributed by atoms with Crippen molar-refractivity contribution in [3.05, 3.63) is 23.9 Å². The maximum Gasteiger partial charge on any atom is 0.128 e. The van der Waals surface area contributed by atoms with Crippen LogP contribution in [0.2, 0.25) is 0 Å². The van der Waals surface area contributed by atoms with Crippen LogP contribution in [0.5, 0.6) is 0 Å². The zero-order chi connectivity index (χ0) is 12.3. The zero-order valence-corrected chi connectivity index (χ0v) is 10.5. The van der Waals surface area contributed by atoms with Crippen molar-refractivity contribution in [2.75, 3.05) is 25.2 Å². The summed E-state index contributed by atoms with van der Waals surface area (Å²) in [5, 5.41) is 9.57. The van der Waals surface area contributed by atoms with Gasteiger partial charge in [-0.2, -0.15) is 0 Å². The van der Waals surface area contributed by atoms with Crippen LogP contribution < -0.4 is 4.90 Å². The average molecular weight is 236 g/mol. The van der Waals surface area contributed by atoms with Gasteiger partial charge in [0.05, 0.1) is 6.10 Å². The monoisotopic (exact) mass is 236 g/mol. The number of nitrogens with zero attached hydrogens (tertiary/aromatic N) is 2. The number of ether oxygens (including phenoxy) is 1. The molecule has 4 heteroatoms. The summed E-state index contributed by atoms with van der Waals surface area (Å²) in [5.74, 6) is 0.926. The van der Waals surface area contributed by atoms with Crippen LogP contribution in [0.25, 0.3) is 0 Å². The lowest BCUT2D eigenvalue weighted by Crippen LogP contribution is -2.37. The van der Waals surface area contributed by atoms with Gasteiger partial charge in [0.2, 0.25) is 0 Å². The van der Waals surface area contributed by atoms with Crippen molar-refractivity contribution in [1.29, 1.82) is 0 Å². The summed E-state index contributed by atoms with van der Waals surface area (Å²) in [6.45, 7) is 3.42. The molecule has 0 amide bonds. The van der Waals surface area contributed by atoms with E-state index in [1.807, 2.05) is 12.1 Å². The quantitative estimate of drug-likeness (QED) is 0.868. The summed E-state index contributed by atoms with van der Waals surface area (Å²) in [6.07, 6.45) is 3.39. The van der Waals surface area contributed by atoms with Crippen LogP contribution in [0.15, 0.2) is 18.3 Å². The van der Waals surface area contributed by atoms with Gasteiger partial charge in [-0.15, -0.1) is 0 Å². The van der Waals surface area contributed by atoms with Crippen molar-refractivity contribution in [3.8, 4) is 0 Å². The number of anilines is 1. The molecule has 17 heavy (non-hydrogen) atoms. The second kappa shape index (κ2) is 5.47. The number of aliphatic hydroxyl groups is 1. The van der Waals surface area contributed by atoms with Crippen molar-refractivity contribution in [1.82, 2.24) is 4.98 Å². The van der Waals surface area contributed by atoms with Crippen LogP contribution in [0.1, 0.15) is 31.4 Å². The van der Waals surface area contributed by atoms with Crippen LogP contribution in [0, 0.1) is 0 Å². The number of rotatable bonds is 3. The van der Waals surface area contributed by atoms with Crippen LogP contribution in [0.3, 0.4) is 0 Å². The predicted molar refractivity (Wildman–Crippen MR) is 67.1 cm³/mol. The fraction of sp³-hybridized carbons (Fsp3) is 0.615. The van der Waals surface area contributed by atoms with Gasteiger partial charge in [0.1, 0.15) is 5.82 Å². The summed E-state index contributed by atoms with van der Waals surface area (Å²) in [7, 11) is 2.06. The average Bonchev–Trinajstić information content (AvgIpc) is 2.39. The van der Waals surface area contributed by atoms with Crippen molar-refractivity contribution in [2.24, 2.45) is 0 Å². The lowest BCUT2D eigenvalue weighted by Gasteiger charge is -2.32. The first-order chi connectivity index (χ1) is 8.18. The maximum atomic E-state index is 9.57. The van der Waals surface area contributed by atoms with Crippen LogP contribution in [0.4, 0.5) is 5.82 Å². The third-order valence-electron chi connectivity index (χ3n) is 3.35. The van der Waals surface area contributed by atoms with E-state index in [-0.39, 0.29) is 0 Å². The zero-order valence-electron chi connectivity index (χ0n) is 10.5. The van der Waals surface area contributed by atoms with Gasteiger partial charge in [-0.25, -0.2) is 4.98 Å². The Labute approximate surface area is 102 Å². The molecule has 0 spiro atoms. The molecule has 0 radical (unpaired) electrons. The van der Waals surface area contributed by atoms with E-state index >= 15 is 0 Å². The molecular weight excluding hydrogens is 216 g/mol. The molecule has 1 aliphatic heterocycles. The second-order valence-electron chi connectivity index (χ2n) is 4.58. The lowest BCUT2D eigenvalue weighted by molar-refractivity contribution is 0.0853. The predicted octanol–water partition coefficient (Wildman–Crippen LogP) is 1.75. The number of aromatic nitrogens is 1. The smallest absolute Gasteiger partial charge is 0.128 e. The molecule has 1 unspecified atom stereocenters. The Kier molecular flexibility index (Phi) is 3.97. The molecule has 2 rings (SSSR count). The topological polar surface area (TPSA) is 45.6 Å². The molecule has 2 heterocycles. The first-order valence-corrected chi connectivity index (χ1v) is 6.13. The van der Waals surface area contributed by atoms with E-state index in [9.17, 15) is 5.11 Å². The Bertz CT molecular complexity index is 362. The van der Waals surface area contributed by atoms with Crippen LogP contribution in [-0.4, -0.2) is 36.4 Å². The standard InChI is InChI=1S/C13H20N2O2/c1-10(16)11-3-6-14-13(9-11)15(2)12-4-7-17-8-5-12/h3,6,9-10,12,16H,4-5,7-8H2,1-2H3. The minimum Gasteiger partial charge on any atom is -0.389 e. The van der Waals surface area contributed by atoms with E-state index in [1.54, 1.807) is 13.1 Å². The third-order valence-corrected chi connectivity index (χ3v) is 3.35. The van der Waals surface area contributed by atoms with Crippen molar-refractivity contribution >= 4 is 5.82 Å². The lowest BCUT2D eigenvalue weighted by atomic mass is 10.1. The Morgan fingerprint density at radius 2 is 2.18 bits per heavy atom. The SMILES string of the molecule is CC(O)c1ccnc(N(C)C2CCOCC2)c1. The van der Waals surface area contributed by atoms with E-state index in [4.69, 9.17) is 4.74 Å². The Morgan fingerprint density at radius 3 is 2.82 bits per heavy atom. The van der Waals surface area contributed by atoms with Gasteiger partial charge in [-0.05, 0) is 37.5 Å². The summed E-state index contributed by atoms with van der Waals surface area (Å²) in [5.41, 5.74) is 0.911. The largest absolute Gasteiger partial charge is 0.389 e. The molecule has 0 aliphatic carbocycles. The highest BCUT2D eigenvalue weighted by Crippen LogP contribution is 2.22. The van der Waals surface area contributed by atoms with Crippen molar-refractivity contribution in [2.45, 2.75) is 31.9 Å². The number of pyridine rings is 1. The van der Waals surface area contributed by atoms with Gasteiger partial charge >= 0.3 is 0 Å². The summed E-state index contributed by atoms with van der Waals surface area (Å²) >= 11 is 0. The molecule has 94 valence electrons. The minimum absolute atomic E-state index is 0.445. The summed E-state index contributed by atoms with van der Waals surface area (Å²) in [4.78, 5) is 6.56.